The Morgan fingerprint density at radius 2 is 2.00 bits per heavy atom. The summed E-state index contributed by atoms with van der Waals surface area (Å²) in [4.78, 5) is 2.47. The third-order valence-corrected chi connectivity index (χ3v) is 3.22. The maximum atomic E-state index is 12.7. The van der Waals surface area contributed by atoms with Gasteiger partial charge in [-0.25, -0.2) is 0 Å². The van der Waals surface area contributed by atoms with Crippen molar-refractivity contribution >= 4 is 17.2 Å². The highest BCUT2D eigenvalue weighted by atomic mass is 32.1. The summed E-state index contributed by atoms with van der Waals surface area (Å²) >= 11 is 4.84. The lowest BCUT2D eigenvalue weighted by Crippen LogP contribution is -2.33. The normalized spacial score (nSPS) is 12.2. The zero-order chi connectivity index (χ0) is 15.3. The van der Waals surface area contributed by atoms with E-state index in [0.717, 1.165) is 6.07 Å². The van der Waals surface area contributed by atoms with E-state index in [-0.39, 0.29) is 6.04 Å². The molecule has 1 rings (SSSR count). The molecule has 0 amide bonds. The molecule has 0 spiro atoms. The fourth-order valence-electron chi connectivity index (χ4n) is 1.85. The second-order valence-corrected chi connectivity index (χ2v) is 5.50. The fraction of sp³-hybridized carbons (Fsp3) is 0.500. The first-order valence-corrected chi connectivity index (χ1v) is 6.79. The molecule has 1 aromatic carbocycles. The van der Waals surface area contributed by atoms with Gasteiger partial charge in [-0.05, 0) is 25.5 Å². The highest BCUT2D eigenvalue weighted by Crippen LogP contribution is 2.29. The number of thiocarbonyl (C=S) groups is 1. The van der Waals surface area contributed by atoms with Crippen molar-refractivity contribution in [2.24, 2.45) is 5.73 Å². The van der Waals surface area contributed by atoms with Crippen molar-refractivity contribution in [1.82, 2.24) is 4.90 Å². The molecule has 1 aromatic rings. The van der Waals surface area contributed by atoms with Crippen molar-refractivity contribution in [2.75, 3.05) is 6.54 Å². The summed E-state index contributed by atoms with van der Waals surface area (Å²) in [6.07, 6.45) is -3.75. The third kappa shape index (κ3) is 5.46. The number of hydrogen-bond donors (Lipinski definition) is 1. The Balaban J connectivity index is 2.81. The SMILES string of the molecule is CC(C)N(CCC(N)=S)Cc1cccc(C(F)(F)F)c1. The summed E-state index contributed by atoms with van der Waals surface area (Å²) in [6.45, 7) is 5.08. The number of halogens is 3. The van der Waals surface area contributed by atoms with Gasteiger partial charge in [-0.2, -0.15) is 13.2 Å². The smallest absolute Gasteiger partial charge is 0.393 e. The molecule has 0 bridgehead atoms. The maximum Gasteiger partial charge on any atom is 0.416 e. The Hall–Kier alpha value is -1.14. The molecule has 0 saturated carbocycles. The quantitative estimate of drug-likeness (QED) is 0.814. The van der Waals surface area contributed by atoms with Crippen molar-refractivity contribution in [2.45, 2.75) is 39.0 Å². The lowest BCUT2D eigenvalue weighted by molar-refractivity contribution is -0.137. The average molecular weight is 304 g/mol. The van der Waals surface area contributed by atoms with Gasteiger partial charge in [0.2, 0.25) is 0 Å². The molecule has 0 unspecified atom stereocenters. The molecule has 0 fully saturated rings. The van der Waals surface area contributed by atoms with Crippen LogP contribution in [0.4, 0.5) is 13.2 Å². The topological polar surface area (TPSA) is 29.3 Å². The van der Waals surface area contributed by atoms with Gasteiger partial charge in [0.25, 0.3) is 0 Å². The zero-order valence-corrected chi connectivity index (χ0v) is 12.4. The zero-order valence-electron chi connectivity index (χ0n) is 11.6. The number of hydrogen-bond acceptors (Lipinski definition) is 2. The van der Waals surface area contributed by atoms with Gasteiger partial charge in [-0.1, -0.05) is 30.4 Å². The molecule has 6 heteroatoms. The van der Waals surface area contributed by atoms with Gasteiger partial charge in [0.05, 0.1) is 10.6 Å². The Morgan fingerprint density at radius 1 is 1.35 bits per heavy atom. The molecular weight excluding hydrogens is 285 g/mol. The predicted octanol–water partition coefficient (Wildman–Crippen LogP) is 3.59. The molecule has 0 heterocycles. The van der Waals surface area contributed by atoms with Crippen LogP contribution in [0.1, 0.15) is 31.4 Å². The van der Waals surface area contributed by atoms with E-state index in [9.17, 15) is 13.2 Å². The molecule has 0 aromatic heterocycles. The minimum Gasteiger partial charge on any atom is -0.393 e. The Kier molecular flexibility index (Phi) is 5.95. The van der Waals surface area contributed by atoms with Crippen LogP contribution >= 0.6 is 12.2 Å². The van der Waals surface area contributed by atoms with E-state index in [4.69, 9.17) is 18.0 Å². The monoisotopic (exact) mass is 304 g/mol. The third-order valence-electron chi connectivity index (χ3n) is 3.02. The minimum absolute atomic E-state index is 0.207. The summed E-state index contributed by atoms with van der Waals surface area (Å²) in [5.74, 6) is 0. The van der Waals surface area contributed by atoms with Crippen LogP contribution in [-0.4, -0.2) is 22.5 Å². The van der Waals surface area contributed by atoms with Gasteiger partial charge in [0, 0.05) is 25.6 Å². The molecule has 0 aliphatic rings. The second kappa shape index (κ2) is 7.04. The van der Waals surface area contributed by atoms with Crippen molar-refractivity contribution in [3.63, 3.8) is 0 Å². The van der Waals surface area contributed by atoms with E-state index >= 15 is 0 Å². The molecule has 0 radical (unpaired) electrons. The van der Waals surface area contributed by atoms with Gasteiger partial charge in [-0.3, -0.25) is 4.90 Å². The predicted molar refractivity (Wildman–Crippen MR) is 78.4 cm³/mol. The first-order valence-electron chi connectivity index (χ1n) is 6.38. The maximum absolute atomic E-state index is 12.7. The molecule has 2 nitrogen and oxygen atoms in total. The van der Waals surface area contributed by atoms with Gasteiger partial charge < -0.3 is 5.73 Å². The largest absolute Gasteiger partial charge is 0.416 e. The van der Waals surface area contributed by atoms with Gasteiger partial charge in [0.1, 0.15) is 0 Å². The molecule has 0 atom stereocenters. The van der Waals surface area contributed by atoms with Crippen LogP contribution in [-0.2, 0) is 12.7 Å². The van der Waals surface area contributed by atoms with E-state index in [1.807, 2.05) is 13.8 Å². The molecular formula is C14H19F3N2S. The summed E-state index contributed by atoms with van der Waals surface area (Å²) < 4.78 is 38.0. The van der Waals surface area contributed by atoms with Crippen LogP contribution in [0.5, 0.6) is 0 Å². The van der Waals surface area contributed by atoms with Crippen molar-refractivity contribution in [3.05, 3.63) is 35.4 Å². The van der Waals surface area contributed by atoms with E-state index in [0.29, 0.717) is 30.1 Å². The van der Waals surface area contributed by atoms with Crippen molar-refractivity contribution in [3.8, 4) is 0 Å². The Labute approximate surface area is 122 Å². The van der Waals surface area contributed by atoms with Gasteiger partial charge >= 0.3 is 6.18 Å². The lowest BCUT2D eigenvalue weighted by atomic mass is 10.1. The van der Waals surface area contributed by atoms with Crippen LogP contribution in [0.15, 0.2) is 24.3 Å². The number of rotatable bonds is 6. The van der Waals surface area contributed by atoms with Gasteiger partial charge in [-0.15, -0.1) is 0 Å². The number of nitrogens with two attached hydrogens (primary N) is 1. The number of alkyl halides is 3. The summed E-state index contributed by atoms with van der Waals surface area (Å²) in [5.41, 5.74) is 5.49. The molecule has 112 valence electrons. The van der Waals surface area contributed by atoms with E-state index in [2.05, 4.69) is 4.90 Å². The molecule has 2 N–H and O–H groups in total. The van der Waals surface area contributed by atoms with Crippen LogP contribution in [0.25, 0.3) is 0 Å². The van der Waals surface area contributed by atoms with Gasteiger partial charge in [0.15, 0.2) is 0 Å². The number of benzene rings is 1. The van der Waals surface area contributed by atoms with Crippen molar-refractivity contribution in [1.29, 1.82) is 0 Å². The Morgan fingerprint density at radius 3 is 2.50 bits per heavy atom. The summed E-state index contributed by atoms with van der Waals surface area (Å²) in [7, 11) is 0. The molecule has 0 aliphatic heterocycles. The summed E-state index contributed by atoms with van der Waals surface area (Å²) in [5, 5.41) is 0. The summed E-state index contributed by atoms with van der Waals surface area (Å²) in [6, 6.07) is 5.61. The van der Waals surface area contributed by atoms with Crippen LogP contribution in [0.3, 0.4) is 0 Å². The Bertz CT molecular complexity index is 458. The van der Waals surface area contributed by atoms with Crippen LogP contribution in [0, 0.1) is 0 Å². The molecule has 0 saturated heterocycles. The first kappa shape index (κ1) is 16.9. The van der Waals surface area contributed by atoms with E-state index < -0.39 is 11.7 Å². The lowest BCUT2D eigenvalue weighted by Gasteiger charge is -2.26. The van der Waals surface area contributed by atoms with E-state index in [1.54, 1.807) is 6.07 Å². The standard InChI is InChI=1S/C14H19F3N2S/c1-10(2)19(7-6-13(18)20)9-11-4-3-5-12(8-11)14(15,16)17/h3-5,8,10H,6-7,9H2,1-2H3,(H2,18,20). The number of nitrogens with zero attached hydrogens (tertiary/aromatic N) is 1. The van der Waals surface area contributed by atoms with Crippen LogP contribution in [0.2, 0.25) is 0 Å². The van der Waals surface area contributed by atoms with E-state index in [1.165, 1.54) is 12.1 Å². The average Bonchev–Trinajstić information content (AvgIpc) is 2.33. The second-order valence-electron chi connectivity index (χ2n) is 4.98. The van der Waals surface area contributed by atoms with Crippen LogP contribution < -0.4 is 5.73 Å². The molecule has 0 aliphatic carbocycles. The highest BCUT2D eigenvalue weighted by molar-refractivity contribution is 7.80. The highest BCUT2D eigenvalue weighted by Gasteiger charge is 2.30. The van der Waals surface area contributed by atoms with Crippen molar-refractivity contribution < 1.29 is 13.2 Å². The first-order chi connectivity index (χ1) is 9.20. The molecule has 20 heavy (non-hydrogen) atoms. The minimum atomic E-state index is -4.31. The fourth-order valence-corrected chi connectivity index (χ4v) is 1.95.